The fraction of sp³-hybridized carbons (Fsp3) is 0.267. The summed E-state index contributed by atoms with van der Waals surface area (Å²) in [6.45, 7) is 2.91. The lowest BCUT2D eigenvalue weighted by atomic mass is 10.2. The third kappa shape index (κ3) is 3.52. The third-order valence-electron chi connectivity index (χ3n) is 3.34. The molecule has 22 heavy (non-hydrogen) atoms. The van der Waals surface area contributed by atoms with Gasteiger partial charge in [-0.1, -0.05) is 11.6 Å². The molecule has 0 spiro atoms. The van der Waals surface area contributed by atoms with Gasteiger partial charge in [-0.2, -0.15) is 0 Å². The Morgan fingerprint density at radius 1 is 1.18 bits per heavy atom. The maximum absolute atomic E-state index is 12.2. The van der Waals surface area contributed by atoms with Crippen LogP contribution in [-0.2, 0) is 4.74 Å². The van der Waals surface area contributed by atoms with Crippen LogP contribution in [-0.4, -0.2) is 42.2 Å². The Morgan fingerprint density at radius 2 is 1.91 bits per heavy atom. The van der Waals surface area contributed by atoms with Crippen LogP contribution in [0, 0.1) is 0 Å². The Kier molecular flexibility index (Phi) is 4.50. The van der Waals surface area contributed by atoms with Gasteiger partial charge >= 0.3 is 0 Å². The molecule has 1 aromatic heterocycles. The van der Waals surface area contributed by atoms with Gasteiger partial charge < -0.3 is 15.0 Å². The van der Waals surface area contributed by atoms with Crippen molar-refractivity contribution >= 4 is 29.1 Å². The molecule has 0 aliphatic carbocycles. The van der Waals surface area contributed by atoms with Gasteiger partial charge in [0.05, 0.1) is 13.2 Å². The van der Waals surface area contributed by atoms with E-state index in [9.17, 15) is 4.79 Å². The molecule has 0 radical (unpaired) electrons. The van der Waals surface area contributed by atoms with Gasteiger partial charge in [0.15, 0.2) is 0 Å². The molecule has 0 saturated carbocycles. The second-order valence-corrected chi connectivity index (χ2v) is 5.26. The summed E-state index contributed by atoms with van der Waals surface area (Å²) in [6.07, 6.45) is 1.45. The van der Waals surface area contributed by atoms with E-state index in [0.29, 0.717) is 29.6 Å². The Balaban J connectivity index is 1.72. The molecular formula is C15H15ClN4O2. The van der Waals surface area contributed by atoms with E-state index >= 15 is 0 Å². The second kappa shape index (κ2) is 6.72. The van der Waals surface area contributed by atoms with Gasteiger partial charge in [0.25, 0.3) is 5.91 Å². The molecule has 1 aliphatic heterocycles. The summed E-state index contributed by atoms with van der Waals surface area (Å²) in [7, 11) is 0. The van der Waals surface area contributed by atoms with E-state index < -0.39 is 0 Å². The lowest BCUT2D eigenvalue weighted by molar-refractivity contribution is 0.102. The molecule has 3 rings (SSSR count). The van der Waals surface area contributed by atoms with Crippen LogP contribution >= 0.6 is 11.6 Å². The zero-order chi connectivity index (χ0) is 15.4. The van der Waals surface area contributed by atoms with Crippen LogP contribution < -0.4 is 10.2 Å². The zero-order valence-corrected chi connectivity index (χ0v) is 12.6. The van der Waals surface area contributed by atoms with Crippen molar-refractivity contribution in [2.24, 2.45) is 0 Å². The highest BCUT2D eigenvalue weighted by molar-refractivity contribution is 6.30. The molecule has 1 saturated heterocycles. The summed E-state index contributed by atoms with van der Waals surface area (Å²) in [4.78, 5) is 22.6. The van der Waals surface area contributed by atoms with Crippen molar-refractivity contribution in [3.63, 3.8) is 0 Å². The van der Waals surface area contributed by atoms with Crippen LogP contribution in [0.1, 0.15) is 10.4 Å². The number of nitrogens with one attached hydrogen (secondary N) is 1. The number of hydrogen-bond acceptors (Lipinski definition) is 5. The third-order valence-corrected chi connectivity index (χ3v) is 3.59. The molecule has 1 fully saturated rings. The van der Waals surface area contributed by atoms with Crippen LogP contribution in [0.4, 0.5) is 11.6 Å². The number of rotatable bonds is 3. The highest BCUT2D eigenvalue weighted by Crippen LogP contribution is 2.16. The van der Waals surface area contributed by atoms with Gasteiger partial charge in [0.1, 0.15) is 18.0 Å². The number of halogens is 1. The van der Waals surface area contributed by atoms with E-state index in [1.807, 2.05) is 0 Å². The Labute approximate surface area is 133 Å². The number of ether oxygens (including phenoxy) is 1. The minimum absolute atomic E-state index is 0.233. The standard InChI is InChI=1S/C15H15ClN4O2/c16-12-3-1-11(2-4-12)15(21)19-13-9-14(18-10-17-13)20-5-7-22-8-6-20/h1-4,9-10H,5-8H2,(H,17,18,19,21). The predicted molar refractivity (Wildman–Crippen MR) is 84.5 cm³/mol. The minimum Gasteiger partial charge on any atom is -0.378 e. The van der Waals surface area contributed by atoms with E-state index in [2.05, 4.69) is 20.2 Å². The molecule has 0 unspecified atom stereocenters. The largest absolute Gasteiger partial charge is 0.378 e. The number of carbonyl (C=O) groups is 1. The Hall–Kier alpha value is -2.18. The van der Waals surface area contributed by atoms with E-state index in [-0.39, 0.29) is 5.91 Å². The molecule has 2 aromatic rings. The van der Waals surface area contributed by atoms with Crippen LogP contribution in [0.15, 0.2) is 36.7 Å². The van der Waals surface area contributed by atoms with Gasteiger partial charge in [-0.05, 0) is 24.3 Å². The van der Waals surface area contributed by atoms with Gasteiger partial charge in [0.2, 0.25) is 0 Å². The molecule has 114 valence electrons. The fourth-order valence-corrected chi connectivity index (χ4v) is 2.30. The van der Waals surface area contributed by atoms with Gasteiger partial charge in [-0.15, -0.1) is 0 Å². The van der Waals surface area contributed by atoms with Crippen LogP contribution in [0.25, 0.3) is 0 Å². The van der Waals surface area contributed by atoms with E-state index in [4.69, 9.17) is 16.3 Å². The Morgan fingerprint density at radius 3 is 2.64 bits per heavy atom. The number of anilines is 2. The molecule has 6 nitrogen and oxygen atoms in total. The van der Waals surface area contributed by atoms with Crippen molar-refractivity contribution in [2.75, 3.05) is 36.5 Å². The van der Waals surface area contributed by atoms with Gasteiger partial charge in [0, 0.05) is 29.7 Å². The number of amides is 1. The van der Waals surface area contributed by atoms with Crippen molar-refractivity contribution in [3.05, 3.63) is 47.2 Å². The quantitative estimate of drug-likeness (QED) is 0.940. The average molecular weight is 319 g/mol. The number of carbonyl (C=O) groups excluding carboxylic acids is 1. The van der Waals surface area contributed by atoms with E-state index in [0.717, 1.165) is 18.9 Å². The maximum Gasteiger partial charge on any atom is 0.256 e. The minimum atomic E-state index is -0.233. The molecule has 2 heterocycles. The highest BCUT2D eigenvalue weighted by Gasteiger charge is 2.14. The summed E-state index contributed by atoms with van der Waals surface area (Å²) in [6, 6.07) is 8.45. The number of aromatic nitrogens is 2. The summed E-state index contributed by atoms with van der Waals surface area (Å²) in [5.41, 5.74) is 0.524. The molecule has 0 bridgehead atoms. The normalized spacial score (nSPS) is 14.7. The van der Waals surface area contributed by atoms with Crippen molar-refractivity contribution in [1.82, 2.24) is 9.97 Å². The molecule has 0 atom stereocenters. The van der Waals surface area contributed by atoms with Crippen LogP contribution in [0.5, 0.6) is 0 Å². The number of hydrogen-bond donors (Lipinski definition) is 1. The molecule has 1 aromatic carbocycles. The zero-order valence-electron chi connectivity index (χ0n) is 11.8. The second-order valence-electron chi connectivity index (χ2n) is 4.82. The summed E-state index contributed by atoms with van der Waals surface area (Å²) >= 11 is 5.82. The molecule has 1 aliphatic rings. The summed E-state index contributed by atoms with van der Waals surface area (Å²) < 4.78 is 5.32. The number of morpholine rings is 1. The summed E-state index contributed by atoms with van der Waals surface area (Å²) in [5.74, 6) is 1.02. The summed E-state index contributed by atoms with van der Waals surface area (Å²) in [5, 5.41) is 3.36. The smallest absolute Gasteiger partial charge is 0.256 e. The Bertz CT molecular complexity index is 657. The SMILES string of the molecule is O=C(Nc1cc(N2CCOCC2)ncn1)c1ccc(Cl)cc1. The number of benzene rings is 1. The van der Waals surface area contributed by atoms with Crippen molar-refractivity contribution in [2.45, 2.75) is 0 Å². The van der Waals surface area contributed by atoms with E-state index in [1.54, 1.807) is 30.3 Å². The molecule has 1 N–H and O–H groups in total. The average Bonchev–Trinajstić information content (AvgIpc) is 2.56. The first-order valence-electron chi connectivity index (χ1n) is 6.94. The van der Waals surface area contributed by atoms with Gasteiger partial charge in [-0.3, -0.25) is 4.79 Å². The van der Waals surface area contributed by atoms with Crippen molar-refractivity contribution < 1.29 is 9.53 Å². The topological polar surface area (TPSA) is 67.4 Å². The van der Waals surface area contributed by atoms with E-state index in [1.165, 1.54) is 6.33 Å². The van der Waals surface area contributed by atoms with Crippen LogP contribution in [0.3, 0.4) is 0 Å². The monoisotopic (exact) mass is 318 g/mol. The van der Waals surface area contributed by atoms with Crippen molar-refractivity contribution in [1.29, 1.82) is 0 Å². The fourth-order valence-electron chi connectivity index (χ4n) is 2.17. The maximum atomic E-state index is 12.2. The van der Waals surface area contributed by atoms with Crippen molar-refractivity contribution in [3.8, 4) is 0 Å². The lowest BCUT2D eigenvalue weighted by Gasteiger charge is -2.27. The number of nitrogens with zero attached hydrogens (tertiary/aromatic N) is 3. The lowest BCUT2D eigenvalue weighted by Crippen LogP contribution is -2.36. The predicted octanol–water partition coefficient (Wildman–Crippen LogP) is 2.22. The first-order valence-corrected chi connectivity index (χ1v) is 7.32. The highest BCUT2D eigenvalue weighted by atomic mass is 35.5. The van der Waals surface area contributed by atoms with Gasteiger partial charge in [-0.25, -0.2) is 9.97 Å². The molecule has 1 amide bonds. The molecule has 7 heteroatoms. The first-order chi connectivity index (χ1) is 10.7. The first kappa shape index (κ1) is 14.7. The molecular weight excluding hydrogens is 304 g/mol. The van der Waals surface area contributed by atoms with Crippen LogP contribution in [0.2, 0.25) is 5.02 Å².